The Bertz CT molecular complexity index is 532. The molecule has 2 heterocycles. The van der Waals surface area contributed by atoms with Gasteiger partial charge in [0.2, 0.25) is 5.91 Å². The second-order valence-corrected chi connectivity index (χ2v) is 7.23. The Morgan fingerprint density at radius 3 is 2.40 bits per heavy atom. The van der Waals surface area contributed by atoms with Crippen LogP contribution >= 0.6 is 0 Å². The number of ether oxygens (including phenoxy) is 1. The van der Waals surface area contributed by atoms with Gasteiger partial charge in [-0.2, -0.15) is 0 Å². The van der Waals surface area contributed by atoms with Gasteiger partial charge in [-0.05, 0) is 89.0 Å². The monoisotopic (exact) mass is 345 g/mol. The number of carbonyl (C=O) groups is 1. The Morgan fingerprint density at radius 2 is 1.76 bits per heavy atom. The van der Waals surface area contributed by atoms with E-state index in [1.807, 2.05) is 31.2 Å². The topological polar surface area (TPSA) is 44.8 Å². The van der Waals surface area contributed by atoms with E-state index in [9.17, 15) is 4.79 Å². The minimum absolute atomic E-state index is 0.0714. The molecule has 0 saturated carbocycles. The third-order valence-corrected chi connectivity index (χ3v) is 5.24. The van der Waals surface area contributed by atoms with Crippen molar-refractivity contribution in [2.75, 3.05) is 51.2 Å². The Morgan fingerprint density at radius 1 is 1.08 bits per heavy atom. The highest BCUT2D eigenvalue weighted by Crippen LogP contribution is 2.21. The molecule has 2 aliphatic rings. The molecule has 0 unspecified atom stereocenters. The fourth-order valence-corrected chi connectivity index (χ4v) is 3.86. The third-order valence-electron chi connectivity index (χ3n) is 5.24. The molecule has 0 radical (unpaired) electrons. The maximum atomic E-state index is 12.3. The summed E-state index contributed by atoms with van der Waals surface area (Å²) in [6, 6.07) is 7.57. The first-order valence-electron chi connectivity index (χ1n) is 9.70. The van der Waals surface area contributed by atoms with Gasteiger partial charge in [0.1, 0.15) is 5.75 Å². The van der Waals surface area contributed by atoms with Gasteiger partial charge in [0, 0.05) is 12.2 Å². The summed E-state index contributed by atoms with van der Waals surface area (Å²) in [7, 11) is 0. The van der Waals surface area contributed by atoms with Crippen LogP contribution in [0.15, 0.2) is 24.3 Å². The van der Waals surface area contributed by atoms with Crippen LogP contribution in [0.2, 0.25) is 0 Å². The zero-order valence-electron chi connectivity index (χ0n) is 15.4. The molecule has 3 rings (SSSR count). The van der Waals surface area contributed by atoms with E-state index in [0.29, 0.717) is 13.2 Å². The Kier molecular flexibility index (Phi) is 6.70. The van der Waals surface area contributed by atoms with Gasteiger partial charge in [-0.25, -0.2) is 0 Å². The van der Waals surface area contributed by atoms with Crippen LogP contribution in [0.3, 0.4) is 0 Å². The molecule has 0 aromatic heterocycles. The molecular weight excluding hydrogens is 314 g/mol. The number of benzene rings is 1. The van der Waals surface area contributed by atoms with Crippen molar-refractivity contribution in [2.24, 2.45) is 5.92 Å². The van der Waals surface area contributed by atoms with E-state index in [4.69, 9.17) is 4.74 Å². The van der Waals surface area contributed by atoms with E-state index < -0.39 is 0 Å². The summed E-state index contributed by atoms with van der Waals surface area (Å²) in [4.78, 5) is 17.2. The highest BCUT2D eigenvalue weighted by Gasteiger charge is 2.23. The highest BCUT2D eigenvalue weighted by molar-refractivity contribution is 5.92. The molecule has 5 nitrogen and oxygen atoms in total. The number of piperidine rings is 1. The van der Waals surface area contributed by atoms with Crippen LogP contribution in [-0.2, 0) is 4.79 Å². The average Bonchev–Trinajstić information content (AvgIpc) is 3.12. The summed E-state index contributed by atoms with van der Waals surface area (Å²) in [5, 5.41) is 2.98. The zero-order valence-corrected chi connectivity index (χ0v) is 15.4. The van der Waals surface area contributed by atoms with Crippen molar-refractivity contribution in [3.8, 4) is 5.75 Å². The van der Waals surface area contributed by atoms with Crippen LogP contribution in [0.4, 0.5) is 5.69 Å². The third kappa shape index (κ3) is 5.72. The predicted molar refractivity (Wildman–Crippen MR) is 101 cm³/mol. The number of rotatable bonds is 7. The first-order valence-corrected chi connectivity index (χ1v) is 9.70. The summed E-state index contributed by atoms with van der Waals surface area (Å²) in [6.07, 6.45) is 5.16. The normalized spacial score (nSPS) is 19.9. The maximum absolute atomic E-state index is 12.3. The second kappa shape index (κ2) is 9.20. The number of nitrogens with one attached hydrogen (secondary N) is 1. The first-order chi connectivity index (χ1) is 12.2. The molecule has 1 aromatic rings. The molecule has 5 heteroatoms. The highest BCUT2D eigenvalue weighted by atomic mass is 16.5. The van der Waals surface area contributed by atoms with Crippen LogP contribution < -0.4 is 10.1 Å². The van der Waals surface area contributed by atoms with E-state index >= 15 is 0 Å². The van der Waals surface area contributed by atoms with Crippen molar-refractivity contribution in [3.05, 3.63) is 24.3 Å². The van der Waals surface area contributed by atoms with Gasteiger partial charge >= 0.3 is 0 Å². The fraction of sp³-hybridized carbons (Fsp3) is 0.650. The van der Waals surface area contributed by atoms with Crippen molar-refractivity contribution in [3.63, 3.8) is 0 Å². The molecular formula is C20H31N3O2. The average molecular weight is 345 g/mol. The molecule has 25 heavy (non-hydrogen) atoms. The molecule has 1 N–H and O–H groups in total. The van der Waals surface area contributed by atoms with E-state index in [2.05, 4.69) is 15.1 Å². The van der Waals surface area contributed by atoms with Crippen LogP contribution in [0, 0.1) is 5.92 Å². The quantitative estimate of drug-likeness (QED) is 0.825. The summed E-state index contributed by atoms with van der Waals surface area (Å²) in [5.41, 5.74) is 0.831. The van der Waals surface area contributed by atoms with E-state index in [-0.39, 0.29) is 5.91 Å². The Labute approximate surface area is 151 Å². The number of nitrogens with zero attached hydrogens (tertiary/aromatic N) is 2. The Balaban J connectivity index is 1.37. The van der Waals surface area contributed by atoms with E-state index in [1.54, 1.807) is 0 Å². The smallest absolute Gasteiger partial charge is 0.238 e. The lowest BCUT2D eigenvalue weighted by Crippen LogP contribution is -2.41. The number of carbonyl (C=O) groups excluding carboxylic acids is 1. The molecule has 1 aromatic carbocycles. The molecule has 138 valence electrons. The van der Waals surface area contributed by atoms with Crippen molar-refractivity contribution in [2.45, 2.75) is 32.6 Å². The molecule has 2 saturated heterocycles. The lowest BCUT2D eigenvalue weighted by Gasteiger charge is -2.33. The van der Waals surface area contributed by atoms with Gasteiger partial charge in [0.15, 0.2) is 0 Å². The second-order valence-electron chi connectivity index (χ2n) is 7.23. The molecule has 0 spiro atoms. The van der Waals surface area contributed by atoms with Crippen molar-refractivity contribution in [1.29, 1.82) is 0 Å². The van der Waals surface area contributed by atoms with Gasteiger partial charge in [-0.1, -0.05) is 0 Å². The molecule has 0 bridgehead atoms. The molecule has 1 amide bonds. The number of amides is 1. The van der Waals surface area contributed by atoms with Gasteiger partial charge in [-0.15, -0.1) is 0 Å². The summed E-state index contributed by atoms with van der Waals surface area (Å²) in [5.74, 6) is 1.71. The first kappa shape index (κ1) is 18.2. The largest absolute Gasteiger partial charge is 0.494 e. The zero-order chi connectivity index (χ0) is 17.5. The minimum Gasteiger partial charge on any atom is -0.494 e. The van der Waals surface area contributed by atoms with Crippen LogP contribution in [0.25, 0.3) is 0 Å². The molecule has 2 aliphatic heterocycles. The summed E-state index contributed by atoms with van der Waals surface area (Å²) >= 11 is 0. The maximum Gasteiger partial charge on any atom is 0.238 e. The fourth-order valence-electron chi connectivity index (χ4n) is 3.86. The van der Waals surface area contributed by atoms with Crippen molar-refractivity contribution >= 4 is 11.6 Å². The molecule has 2 fully saturated rings. The van der Waals surface area contributed by atoms with Crippen LogP contribution in [0.5, 0.6) is 5.75 Å². The van der Waals surface area contributed by atoms with Gasteiger partial charge in [-0.3, -0.25) is 9.69 Å². The number of hydrogen-bond acceptors (Lipinski definition) is 4. The minimum atomic E-state index is 0.0714. The standard InChI is InChI=1S/C20H31N3O2/c1-2-25-19-7-5-18(6-8-19)21-20(24)16-23-13-9-17(10-14-23)15-22-11-3-4-12-22/h5-8,17H,2-4,9-16H2,1H3,(H,21,24). The molecule has 0 atom stereocenters. The number of likely N-dealkylation sites (tertiary alicyclic amines) is 2. The van der Waals surface area contributed by atoms with Crippen LogP contribution in [-0.4, -0.2) is 61.6 Å². The number of hydrogen-bond donors (Lipinski definition) is 1. The van der Waals surface area contributed by atoms with Crippen molar-refractivity contribution in [1.82, 2.24) is 9.80 Å². The number of anilines is 1. The van der Waals surface area contributed by atoms with Crippen molar-refractivity contribution < 1.29 is 9.53 Å². The van der Waals surface area contributed by atoms with E-state index in [0.717, 1.165) is 30.4 Å². The summed E-state index contributed by atoms with van der Waals surface area (Å²) in [6.45, 7) is 9.00. The lowest BCUT2D eigenvalue weighted by molar-refractivity contribution is -0.117. The van der Waals surface area contributed by atoms with Gasteiger partial charge in [0.25, 0.3) is 0 Å². The van der Waals surface area contributed by atoms with E-state index in [1.165, 1.54) is 45.3 Å². The summed E-state index contributed by atoms with van der Waals surface area (Å²) < 4.78 is 5.42. The van der Waals surface area contributed by atoms with Gasteiger partial charge < -0.3 is 15.0 Å². The lowest BCUT2D eigenvalue weighted by atomic mass is 9.96. The van der Waals surface area contributed by atoms with Gasteiger partial charge in [0.05, 0.1) is 13.2 Å². The molecule has 0 aliphatic carbocycles. The predicted octanol–water partition coefficient (Wildman–Crippen LogP) is 2.83. The SMILES string of the molecule is CCOc1ccc(NC(=O)CN2CCC(CN3CCCC3)CC2)cc1. The Hall–Kier alpha value is -1.59. The van der Waals surface area contributed by atoms with Crippen LogP contribution in [0.1, 0.15) is 32.6 Å².